The first-order chi connectivity index (χ1) is 8.53. The van der Waals surface area contributed by atoms with E-state index in [1.807, 2.05) is 5.20 Å². The van der Waals surface area contributed by atoms with E-state index >= 15 is 0 Å². The van der Waals surface area contributed by atoms with Crippen molar-refractivity contribution in [3.05, 3.63) is 21.9 Å². The van der Waals surface area contributed by atoms with Gasteiger partial charge in [-0.05, 0) is 43.6 Å². The summed E-state index contributed by atoms with van der Waals surface area (Å²) in [5, 5.41) is 1.86. The zero-order valence-electron chi connectivity index (χ0n) is 14.7. The van der Waals surface area contributed by atoms with E-state index in [4.69, 9.17) is 0 Å². The Morgan fingerprint density at radius 1 is 0.895 bits per heavy atom. The van der Waals surface area contributed by atoms with Crippen LogP contribution >= 0.6 is 7.47 Å². The lowest BCUT2D eigenvalue weighted by Gasteiger charge is -2.42. The highest BCUT2D eigenvalue weighted by Crippen LogP contribution is 2.60. The molecule has 1 rings (SSSR count). The van der Waals surface area contributed by atoms with E-state index < -0.39 is 7.74 Å². The molecule has 1 atom stereocenters. The molecule has 0 radical (unpaired) electrons. The van der Waals surface area contributed by atoms with Crippen molar-refractivity contribution >= 4 is 15.2 Å². The fraction of sp³-hybridized carbons (Fsp3) is 0.765. The predicted octanol–water partition coefficient (Wildman–Crippen LogP) is 6.33. The summed E-state index contributed by atoms with van der Waals surface area (Å²) in [5.74, 6) is 0.698. The summed E-state index contributed by atoms with van der Waals surface area (Å²) in [6, 6.07) is 0. The minimum atomic E-state index is -1.33. The van der Waals surface area contributed by atoms with Gasteiger partial charge < -0.3 is 0 Å². The summed E-state index contributed by atoms with van der Waals surface area (Å²) in [6.45, 7) is 24.5. The van der Waals surface area contributed by atoms with Crippen LogP contribution < -0.4 is 0 Å². The maximum Gasteiger partial charge on any atom is 0.104 e. The molecule has 2 heteroatoms. The fourth-order valence-electron chi connectivity index (χ4n) is 4.38. The minimum absolute atomic E-state index is 0.130. The monoisotopic (exact) mass is 296 g/mol. The van der Waals surface area contributed by atoms with Crippen molar-refractivity contribution in [3.63, 3.8) is 0 Å². The highest BCUT2D eigenvalue weighted by molar-refractivity contribution is 7.96. The number of rotatable bonds is 4. The molecule has 0 amide bonds. The second-order valence-electron chi connectivity index (χ2n) is 7.22. The van der Waals surface area contributed by atoms with Crippen molar-refractivity contribution in [1.29, 1.82) is 0 Å². The standard InChI is InChI=1S/C17H33PSi/c1-11(2)18(12(3)4)19(9,10)17-15(7)13(5)14(6)16(17)8/h11-12,15H,1-10H3. The molecule has 1 unspecified atom stereocenters. The van der Waals surface area contributed by atoms with E-state index in [1.54, 1.807) is 16.7 Å². The third-order valence-electron chi connectivity index (χ3n) is 5.06. The van der Waals surface area contributed by atoms with Gasteiger partial charge in [0.2, 0.25) is 0 Å². The van der Waals surface area contributed by atoms with Gasteiger partial charge in [-0.15, -0.1) is 7.47 Å². The average molecular weight is 297 g/mol. The highest BCUT2D eigenvalue weighted by atomic mass is 31.4. The summed E-state index contributed by atoms with van der Waals surface area (Å²) < 4.78 is 0. The van der Waals surface area contributed by atoms with Gasteiger partial charge in [-0.1, -0.05) is 64.1 Å². The number of hydrogen-bond donors (Lipinski definition) is 0. The molecule has 0 aromatic carbocycles. The van der Waals surface area contributed by atoms with E-state index in [-0.39, 0.29) is 7.47 Å². The van der Waals surface area contributed by atoms with E-state index in [0.717, 1.165) is 11.3 Å². The van der Waals surface area contributed by atoms with E-state index in [2.05, 4.69) is 68.5 Å². The predicted molar refractivity (Wildman–Crippen MR) is 94.9 cm³/mol. The minimum Gasteiger partial charge on any atom is -0.109 e. The van der Waals surface area contributed by atoms with Crippen LogP contribution in [0.5, 0.6) is 0 Å². The van der Waals surface area contributed by atoms with Gasteiger partial charge in [0.05, 0.1) is 0 Å². The molecule has 0 saturated carbocycles. The first-order valence-electron chi connectivity index (χ1n) is 7.70. The summed E-state index contributed by atoms with van der Waals surface area (Å²) in [4.78, 5) is 0. The van der Waals surface area contributed by atoms with Crippen molar-refractivity contribution in [2.24, 2.45) is 5.92 Å². The maximum absolute atomic E-state index is 2.64. The molecule has 0 N–H and O–H groups in total. The molecule has 1 aliphatic rings. The zero-order valence-corrected chi connectivity index (χ0v) is 16.6. The normalized spacial score (nSPS) is 21.6. The Bertz CT molecular complexity index is 405. The molecule has 0 aromatic rings. The third-order valence-corrected chi connectivity index (χ3v) is 18.4. The molecular formula is C17H33PSi. The molecule has 0 aromatic heterocycles. The molecule has 19 heavy (non-hydrogen) atoms. The summed E-state index contributed by atoms with van der Waals surface area (Å²) >= 11 is 0. The van der Waals surface area contributed by atoms with Gasteiger partial charge in [-0.3, -0.25) is 0 Å². The van der Waals surface area contributed by atoms with Gasteiger partial charge in [0.1, 0.15) is 7.74 Å². The van der Waals surface area contributed by atoms with Crippen molar-refractivity contribution in [2.45, 2.75) is 79.8 Å². The van der Waals surface area contributed by atoms with Crippen LogP contribution in [0.15, 0.2) is 21.9 Å². The molecule has 0 spiro atoms. The largest absolute Gasteiger partial charge is 0.109 e. The lowest BCUT2D eigenvalue weighted by Crippen LogP contribution is -2.36. The first kappa shape index (κ1) is 17.2. The van der Waals surface area contributed by atoms with E-state index in [9.17, 15) is 0 Å². The van der Waals surface area contributed by atoms with Crippen LogP contribution in [0.3, 0.4) is 0 Å². The molecule has 0 aliphatic heterocycles. The van der Waals surface area contributed by atoms with Crippen LogP contribution in [0.1, 0.15) is 55.4 Å². The molecule has 0 saturated heterocycles. The summed E-state index contributed by atoms with van der Waals surface area (Å²) in [5.41, 5.74) is 6.53. The molecule has 0 nitrogen and oxygen atoms in total. The lowest BCUT2D eigenvalue weighted by molar-refractivity contribution is 0.850. The van der Waals surface area contributed by atoms with Crippen LogP contribution in [0.2, 0.25) is 13.1 Å². The second-order valence-corrected chi connectivity index (χ2v) is 18.7. The summed E-state index contributed by atoms with van der Waals surface area (Å²) in [6.07, 6.45) is 0. The van der Waals surface area contributed by atoms with Crippen LogP contribution in [-0.2, 0) is 0 Å². The smallest absolute Gasteiger partial charge is 0.104 e. The van der Waals surface area contributed by atoms with Gasteiger partial charge in [-0.2, -0.15) is 0 Å². The van der Waals surface area contributed by atoms with Crippen LogP contribution in [0.4, 0.5) is 0 Å². The van der Waals surface area contributed by atoms with Crippen molar-refractivity contribution in [3.8, 4) is 0 Å². The SMILES string of the molecule is CC1=C(C)C(C)C([Si](C)(C)P(C(C)C)C(C)C)=C1C. The second kappa shape index (κ2) is 5.86. The molecule has 110 valence electrons. The van der Waals surface area contributed by atoms with Gasteiger partial charge in [0.15, 0.2) is 0 Å². The number of hydrogen-bond acceptors (Lipinski definition) is 0. The van der Waals surface area contributed by atoms with Gasteiger partial charge >= 0.3 is 0 Å². The van der Waals surface area contributed by atoms with Crippen LogP contribution in [0.25, 0.3) is 0 Å². The van der Waals surface area contributed by atoms with Gasteiger partial charge in [-0.25, -0.2) is 0 Å². The lowest BCUT2D eigenvalue weighted by atomic mass is 10.1. The van der Waals surface area contributed by atoms with Crippen molar-refractivity contribution in [1.82, 2.24) is 0 Å². The topological polar surface area (TPSA) is 0 Å². The fourth-order valence-corrected chi connectivity index (χ4v) is 20.5. The maximum atomic E-state index is 2.64. The summed E-state index contributed by atoms with van der Waals surface area (Å²) in [7, 11) is -1.20. The Morgan fingerprint density at radius 3 is 1.58 bits per heavy atom. The third kappa shape index (κ3) is 2.93. The van der Waals surface area contributed by atoms with Gasteiger partial charge in [0.25, 0.3) is 0 Å². The quantitative estimate of drug-likeness (QED) is 0.420. The Labute approximate surface area is 123 Å². The molecule has 1 aliphatic carbocycles. The molecular weight excluding hydrogens is 263 g/mol. The number of allylic oxidation sites excluding steroid dienone is 4. The Kier molecular flexibility index (Phi) is 5.30. The molecule has 0 heterocycles. The molecule has 0 bridgehead atoms. The Hall–Kier alpha value is 0.127. The zero-order chi connectivity index (χ0) is 15.1. The van der Waals surface area contributed by atoms with Crippen LogP contribution in [-0.4, -0.2) is 19.1 Å². The molecule has 0 fully saturated rings. The average Bonchev–Trinajstić information content (AvgIpc) is 2.41. The van der Waals surface area contributed by atoms with E-state index in [0.29, 0.717) is 5.92 Å². The Morgan fingerprint density at radius 2 is 1.32 bits per heavy atom. The highest BCUT2D eigenvalue weighted by Gasteiger charge is 2.43. The van der Waals surface area contributed by atoms with Crippen LogP contribution in [0, 0.1) is 5.92 Å². The van der Waals surface area contributed by atoms with Crippen molar-refractivity contribution in [2.75, 3.05) is 0 Å². The van der Waals surface area contributed by atoms with Gasteiger partial charge in [0, 0.05) is 0 Å². The Balaban J connectivity index is 3.29. The van der Waals surface area contributed by atoms with Crippen molar-refractivity contribution < 1.29 is 0 Å². The van der Waals surface area contributed by atoms with E-state index in [1.165, 1.54) is 0 Å². The first-order valence-corrected chi connectivity index (χ1v) is 13.0.